The van der Waals surface area contributed by atoms with Gasteiger partial charge >= 0.3 is 0 Å². The molecule has 322 valence electrons. The van der Waals surface area contributed by atoms with E-state index < -0.39 is 8.07 Å². The van der Waals surface area contributed by atoms with E-state index in [-0.39, 0.29) is 0 Å². The summed E-state index contributed by atoms with van der Waals surface area (Å²) < 4.78 is 2.43. The van der Waals surface area contributed by atoms with Crippen LogP contribution in [0.3, 0.4) is 0 Å². The topological polar surface area (TPSA) is 21.1 Å². The summed E-state index contributed by atoms with van der Waals surface area (Å²) in [5.41, 5.74) is 17.7. The molecule has 1 spiro atoms. The van der Waals surface area contributed by atoms with E-state index in [0.717, 1.165) is 33.9 Å². The van der Waals surface area contributed by atoms with E-state index in [1.165, 1.54) is 87.3 Å². The second kappa shape index (κ2) is 15.6. The highest BCUT2D eigenvalue weighted by Crippen LogP contribution is 2.44. The van der Waals surface area contributed by atoms with Crippen molar-refractivity contribution >= 4 is 67.8 Å². The maximum Gasteiger partial charge on any atom is 0.185 e. The van der Waals surface area contributed by atoms with Crippen LogP contribution in [-0.4, -0.2) is 17.6 Å². The molecule has 0 radical (unpaired) electrons. The van der Waals surface area contributed by atoms with Gasteiger partial charge in [-0.25, -0.2) is 4.98 Å². The monoisotopic (exact) mass is 893 g/mol. The number of para-hydroxylation sites is 3. The smallest absolute Gasteiger partial charge is 0.185 e. The fourth-order valence-electron chi connectivity index (χ4n) is 11.6. The van der Waals surface area contributed by atoms with E-state index in [0.29, 0.717) is 0 Å². The zero-order valence-electron chi connectivity index (χ0n) is 37.7. The predicted molar refractivity (Wildman–Crippen MR) is 291 cm³/mol. The molecule has 14 rings (SSSR count). The average molecular weight is 894 g/mol. The van der Waals surface area contributed by atoms with E-state index in [9.17, 15) is 0 Å². The summed E-state index contributed by atoms with van der Waals surface area (Å²) >= 11 is 0. The molecule has 0 bridgehead atoms. The summed E-state index contributed by atoms with van der Waals surface area (Å²) in [6.45, 7) is 0. The molecular weight excluding hydrogens is 851 g/mol. The second-order valence-corrected chi connectivity index (χ2v) is 21.9. The van der Waals surface area contributed by atoms with E-state index >= 15 is 0 Å². The zero-order valence-corrected chi connectivity index (χ0v) is 38.7. The van der Waals surface area contributed by atoms with Crippen LogP contribution >= 0.6 is 0 Å². The van der Waals surface area contributed by atoms with E-state index in [2.05, 4.69) is 270 Å². The lowest BCUT2D eigenvalue weighted by Gasteiger charge is -2.43. The van der Waals surface area contributed by atoms with Crippen molar-refractivity contribution in [3.05, 3.63) is 261 Å². The third kappa shape index (κ3) is 6.02. The van der Waals surface area contributed by atoms with E-state index in [1.807, 2.05) is 0 Å². The second-order valence-electron chi connectivity index (χ2n) is 18.3. The lowest BCUT2D eigenvalue weighted by Crippen LogP contribution is -2.75. The van der Waals surface area contributed by atoms with Crippen molar-refractivity contribution in [2.45, 2.75) is 0 Å². The van der Waals surface area contributed by atoms with Gasteiger partial charge in [-0.1, -0.05) is 206 Å². The number of nitrogens with zero attached hydrogens (tertiary/aromatic N) is 3. The fraction of sp³-hybridized carbons (Fsp3) is 0. The normalized spacial score (nSPS) is 13.0. The summed E-state index contributed by atoms with van der Waals surface area (Å²) in [5, 5.41) is 8.09. The molecule has 2 aliphatic rings. The summed E-state index contributed by atoms with van der Waals surface area (Å²) in [5.74, 6) is 0.901. The Hall–Kier alpha value is -8.83. The Kier molecular flexibility index (Phi) is 8.91. The van der Waals surface area contributed by atoms with Crippen molar-refractivity contribution in [3.8, 4) is 61.5 Å². The number of hydrogen-bond donors (Lipinski definition) is 0. The number of benzene rings is 10. The lowest BCUT2D eigenvalue weighted by atomic mass is 9.99. The highest BCUT2D eigenvalue weighted by atomic mass is 28.3. The van der Waals surface area contributed by atoms with Crippen molar-refractivity contribution in [1.82, 2.24) is 9.55 Å². The van der Waals surface area contributed by atoms with Crippen molar-refractivity contribution in [2.75, 3.05) is 4.90 Å². The molecule has 0 atom stereocenters. The first kappa shape index (κ1) is 39.3. The maximum absolute atomic E-state index is 5.53. The SMILES string of the molecule is c1ccc(-c2cccc(-n3c4ccccc4c4cc(-c5ccc6c(c5)[Si]5(c7ccccc7-6)c6ccccc6N(c6cc(-c7ccccc7)cc(-c7ccccc7)n6)c6ccccc65)ccc43)c2)cc1. The average Bonchev–Trinajstić information content (AvgIpc) is 3.92. The van der Waals surface area contributed by atoms with Crippen LogP contribution in [-0.2, 0) is 0 Å². The molecule has 2 aliphatic heterocycles. The molecule has 0 N–H and O–H groups in total. The molecule has 4 heterocycles. The number of hydrogen-bond acceptors (Lipinski definition) is 2. The summed E-state index contributed by atoms with van der Waals surface area (Å²) in [6, 6.07) is 96.2. The van der Waals surface area contributed by atoms with Crippen LogP contribution in [0.2, 0.25) is 0 Å². The molecule has 69 heavy (non-hydrogen) atoms. The molecule has 0 amide bonds. The Morgan fingerprint density at radius 3 is 1.58 bits per heavy atom. The number of anilines is 3. The number of fused-ring (bicyclic) bond motifs is 12. The van der Waals surface area contributed by atoms with Gasteiger partial charge in [0.1, 0.15) is 5.82 Å². The van der Waals surface area contributed by atoms with E-state index in [1.54, 1.807) is 0 Å². The summed E-state index contributed by atoms with van der Waals surface area (Å²) in [4.78, 5) is 7.97. The minimum absolute atomic E-state index is 0.901. The van der Waals surface area contributed by atoms with Gasteiger partial charge in [-0.15, -0.1) is 0 Å². The molecule has 0 saturated carbocycles. The minimum Gasteiger partial charge on any atom is -0.309 e. The van der Waals surface area contributed by atoms with Gasteiger partial charge in [-0.3, -0.25) is 4.90 Å². The first-order valence-electron chi connectivity index (χ1n) is 23.8. The maximum atomic E-state index is 5.53. The Balaban J connectivity index is 0.964. The van der Waals surface area contributed by atoms with Gasteiger partial charge < -0.3 is 4.57 Å². The molecule has 3 nitrogen and oxygen atoms in total. The summed E-state index contributed by atoms with van der Waals surface area (Å²) in [7, 11) is -2.94. The van der Waals surface area contributed by atoms with Crippen LogP contribution in [0, 0.1) is 0 Å². The predicted octanol–water partition coefficient (Wildman–Crippen LogP) is 14.0. The van der Waals surface area contributed by atoms with Crippen LogP contribution in [0.5, 0.6) is 0 Å². The van der Waals surface area contributed by atoms with Crippen LogP contribution < -0.4 is 25.6 Å². The van der Waals surface area contributed by atoms with Gasteiger partial charge in [0.2, 0.25) is 0 Å². The third-order valence-electron chi connectivity index (χ3n) is 14.6. The molecule has 10 aromatic carbocycles. The molecule has 0 fully saturated rings. The van der Waals surface area contributed by atoms with Crippen LogP contribution in [0.1, 0.15) is 0 Å². The molecule has 2 aromatic heterocycles. The minimum atomic E-state index is -2.94. The van der Waals surface area contributed by atoms with Crippen LogP contribution in [0.15, 0.2) is 261 Å². The Labute approximate surface area is 402 Å². The Morgan fingerprint density at radius 2 is 0.841 bits per heavy atom. The lowest BCUT2D eigenvalue weighted by molar-refractivity contribution is 1.18. The van der Waals surface area contributed by atoms with Gasteiger partial charge in [0.25, 0.3) is 0 Å². The zero-order chi connectivity index (χ0) is 45.5. The third-order valence-corrected chi connectivity index (χ3v) is 19.5. The first-order valence-corrected chi connectivity index (χ1v) is 25.8. The molecule has 12 aromatic rings. The van der Waals surface area contributed by atoms with Gasteiger partial charge in [-0.2, -0.15) is 0 Å². The van der Waals surface area contributed by atoms with Gasteiger partial charge in [-0.05, 0) is 120 Å². The van der Waals surface area contributed by atoms with Crippen molar-refractivity contribution in [3.63, 3.8) is 0 Å². The van der Waals surface area contributed by atoms with Crippen molar-refractivity contribution in [2.24, 2.45) is 0 Å². The largest absolute Gasteiger partial charge is 0.309 e. The van der Waals surface area contributed by atoms with Crippen LogP contribution in [0.25, 0.3) is 83.3 Å². The molecule has 0 aliphatic carbocycles. The molecule has 0 unspecified atom stereocenters. The Bertz CT molecular complexity index is 3860. The van der Waals surface area contributed by atoms with E-state index in [4.69, 9.17) is 4.98 Å². The number of pyridine rings is 1. The quantitative estimate of drug-likeness (QED) is 0.155. The molecule has 4 heteroatoms. The first-order chi connectivity index (χ1) is 34.2. The fourth-order valence-corrected chi connectivity index (χ4v) is 17.2. The van der Waals surface area contributed by atoms with Crippen LogP contribution in [0.4, 0.5) is 17.2 Å². The highest BCUT2D eigenvalue weighted by molar-refractivity contribution is 7.23. The molecule has 0 saturated heterocycles. The van der Waals surface area contributed by atoms with Crippen molar-refractivity contribution < 1.29 is 0 Å². The number of rotatable bonds is 6. The Morgan fingerprint density at radius 1 is 0.304 bits per heavy atom. The summed E-state index contributed by atoms with van der Waals surface area (Å²) in [6.07, 6.45) is 0. The standard InChI is InChI=1S/C65H43N3Si/c1-4-19-44(20-5-1)47-25-18-26-51(39-47)67-57-29-12-10-27-52(57)55-40-48(36-38-58(55)67)49-35-37-54-53-28-11-15-32-61(53)69(64(54)42-49)62-33-16-13-30-59(62)68(60-31-14-17-34-63(60)69)65-43-50(45-21-6-2-7-22-45)41-56(66-65)46-23-8-3-9-24-46/h1-43H. The van der Waals surface area contributed by atoms with Gasteiger partial charge in [0.15, 0.2) is 8.07 Å². The highest BCUT2D eigenvalue weighted by Gasteiger charge is 2.54. The van der Waals surface area contributed by atoms with Gasteiger partial charge in [0, 0.05) is 33.4 Å². The number of aromatic nitrogens is 2. The van der Waals surface area contributed by atoms with Gasteiger partial charge in [0.05, 0.1) is 16.7 Å². The molecular formula is C65H43N3Si. The van der Waals surface area contributed by atoms with Crippen molar-refractivity contribution in [1.29, 1.82) is 0 Å².